The largest absolute Gasteiger partial charge is 0.494 e. The van der Waals surface area contributed by atoms with Crippen LogP contribution in [0.2, 0.25) is 0 Å². The zero-order chi connectivity index (χ0) is 21.1. The van der Waals surface area contributed by atoms with Gasteiger partial charge < -0.3 is 25.0 Å². The smallest absolute Gasteiger partial charge is 0.351 e. The lowest BCUT2D eigenvalue weighted by molar-refractivity contribution is -0.0355. The Balaban J connectivity index is 1.76. The Kier molecular flexibility index (Phi) is 6.26. The molecule has 0 bridgehead atoms. The number of hydrogen-bond donors (Lipinski definition) is 3. The van der Waals surface area contributed by atoms with Crippen molar-refractivity contribution in [3.63, 3.8) is 0 Å². The number of nitrogens with one attached hydrogen (secondary N) is 1. The molecule has 2 heterocycles. The number of amides is 1. The first-order chi connectivity index (χ1) is 13.8. The number of rotatable bonds is 6. The average Bonchev–Trinajstić information content (AvgIpc) is 2.96. The maximum atomic E-state index is 14.4. The summed E-state index contributed by atoms with van der Waals surface area (Å²) in [6, 6.07) is 6.23. The van der Waals surface area contributed by atoms with Gasteiger partial charge in [0.05, 0.1) is 18.9 Å². The molecule has 3 N–H and O–H groups in total. The number of aromatic nitrogens is 2. The molecule has 1 aromatic carbocycles. The standard InChI is InChI=1S/C19H22FN3O6/c1-3-8-28-12-6-4-11(5-7-12)17(26)21-16-13(20)9-23(19(27)22-16)18-15(25)14(24)10(2)29-18/h4-7,9-10,14-15,18,24-25H,3,8H2,1-2H3,(H,21,22,26,27)/t10-,14?,15?,18-/m1/s1. The van der Waals surface area contributed by atoms with Gasteiger partial charge in [0, 0.05) is 5.56 Å². The molecule has 1 fully saturated rings. The van der Waals surface area contributed by atoms with E-state index in [0.29, 0.717) is 12.4 Å². The van der Waals surface area contributed by atoms with Crippen LogP contribution in [0.15, 0.2) is 35.3 Å². The van der Waals surface area contributed by atoms with Crippen LogP contribution in [0.3, 0.4) is 0 Å². The molecule has 1 saturated heterocycles. The topological polar surface area (TPSA) is 123 Å². The molecule has 1 aliphatic rings. The van der Waals surface area contributed by atoms with Gasteiger partial charge >= 0.3 is 5.69 Å². The van der Waals surface area contributed by atoms with Crippen molar-refractivity contribution in [2.45, 2.75) is 44.8 Å². The van der Waals surface area contributed by atoms with E-state index in [2.05, 4.69) is 10.3 Å². The lowest BCUT2D eigenvalue weighted by atomic mass is 10.1. The summed E-state index contributed by atoms with van der Waals surface area (Å²) < 4.78 is 25.9. The van der Waals surface area contributed by atoms with Gasteiger partial charge in [0.25, 0.3) is 5.91 Å². The quantitative estimate of drug-likeness (QED) is 0.654. The van der Waals surface area contributed by atoms with Crippen molar-refractivity contribution in [2.75, 3.05) is 11.9 Å². The number of aliphatic hydroxyl groups excluding tert-OH is 2. The van der Waals surface area contributed by atoms with Gasteiger partial charge in [-0.25, -0.2) is 9.18 Å². The van der Waals surface area contributed by atoms with E-state index in [1.807, 2.05) is 6.92 Å². The fraction of sp³-hybridized carbons (Fsp3) is 0.421. The zero-order valence-electron chi connectivity index (χ0n) is 15.9. The molecule has 2 unspecified atom stereocenters. The van der Waals surface area contributed by atoms with Crippen LogP contribution in [-0.4, -0.2) is 50.6 Å². The molecule has 29 heavy (non-hydrogen) atoms. The van der Waals surface area contributed by atoms with E-state index >= 15 is 0 Å². The number of benzene rings is 1. The van der Waals surface area contributed by atoms with Crippen molar-refractivity contribution >= 4 is 11.7 Å². The molecule has 0 aliphatic carbocycles. The van der Waals surface area contributed by atoms with Gasteiger partial charge in [0.2, 0.25) is 0 Å². The Morgan fingerprint density at radius 2 is 2.00 bits per heavy atom. The van der Waals surface area contributed by atoms with Crippen molar-refractivity contribution in [3.8, 4) is 5.75 Å². The van der Waals surface area contributed by atoms with Crippen LogP contribution in [0.4, 0.5) is 10.2 Å². The van der Waals surface area contributed by atoms with Gasteiger partial charge in [0.15, 0.2) is 17.9 Å². The normalized spacial score (nSPS) is 23.8. The van der Waals surface area contributed by atoms with E-state index in [0.717, 1.165) is 17.2 Å². The maximum absolute atomic E-state index is 14.4. The van der Waals surface area contributed by atoms with E-state index in [1.54, 1.807) is 12.1 Å². The second kappa shape index (κ2) is 8.68. The number of nitrogens with zero attached hydrogens (tertiary/aromatic N) is 2. The number of aliphatic hydroxyl groups is 2. The molecule has 0 spiro atoms. The van der Waals surface area contributed by atoms with E-state index in [4.69, 9.17) is 9.47 Å². The summed E-state index contributed by atoms with van der Waals surface area (Å²) in [6.07, 6.45) is -3.05. The Labute approximate surface area is 165 Å². The number of carbonyl (C=O) groups excluding carboxylic acids is 1. The van der Waals surface area contributed by atoms with Crippen molar-refractivity contribution in [1.82, 2.24) is 9.55 Å². The van der Waals surface area contributed by atoms with E-state index in [9.17, 15) is 24.2 Å². The summed E-state index contributed by atoms with van der Waals surface area (Å²) >= 11 is 0. The minimum atomic E-state index is -1.42. The maximum Gasteiger partial charge on any atom is 0.351 e. The Hall–Kier alpha value is -2.82. The Morgan fingerprint density at radius 3 is 2.59 bits per heavy atom. The summed E-state index contributed by atoms with van der Waals surface area (Å²) in [4.78, 5) is 28.1. The zero-order valence-corrected chi connectivity index (χ0v) is 15.9. The molecule has 3 rings (SSSR count). The highest BCUT2D eigenvalue weighted by atomic mass is 19.1. The van der Waals surface area contributed by atoms with Crippen molar-refractivity contribution in [1.29, 1.82) is 0 Å². The van der Waals surface area contributed by atoms with Crippen LogP contribution in [0.25, 0.3) is 0 Å². The van der Waals surface area contributed by atoms with Crippen LogP contribution in [0, 0.1) is 5.82 Å². The minimum absolute atomic E-state index is 0.228. The lowest BCUT2D eigenvalue weighted by Crippen LogP contribution is -2.36. The third kappa shape index (κ3) is 4.44. The number of ether oxygens (including phenoxy) is 2. The van der Waals surface area contributed by atoms with Gasteiger partial charge in [-0.1, -0.05) is 6.92 Å². The third-order valence-electron chi connectivity index (χ3n) is 4.48. The first-order valence-corrected chi connectivity index (χ1v) is 9.16. The fourth-order valence-corrected chi connectivity index (χ4v) is 2.87. The lowest BCUT2D eigenvalue weighted by Gasteiger charge is -2.17. The van der Waals surface area contributed by atoms with Gasteiger partial charge in [-0.05, 0) is 37.6 Å². The Morgan fingerprint density at radius 1 is 1.31 bits per heavy atom. The third-order valence-corrected chi connectivity index (χ3v) is 4.48. The van der Waals surface area contributed by atoms with Gasteiger partial charge in [0.1, 0.15) is 18.0 Å². The molecule has 1 aromatic heterocycles. The van der Waals surface area contributed by atoms with Crippen LogP contribution in [0.1, 0.15) is 36.9 Å². The SMILES string of the molecule is CCCOc1ccc(C(=O)Nc2nc(=O)n([C@@H]3O[C@H](C)C(O)C3O)cc2F)cc1. The molecular formula is C19H22FN3O6. The predicted octanol–water partition coefficient (Wildman–Crippen LogP) is 1.06. The van der Waals surface area contributed by atoms with Crippen LogP contribution < -0.4 is 15.7 Å². The molecule has 4 atom stereocenters. The molecule has 1 amide bonds. The highest BCUT2D eigenvalue weighted by Crippen LogP contribution is 2.28. The highest BCUT2D eigenvalue weighted by Gasteiger charge is 2.42. The van der Waals surface area contributed by atoms with E-state index < -0.39 is 47.8 Å². The summed E-state index contributed by atoms with van der Waals surface area (Å²) in [5.74, 6) is -1.60. The molecule has 2 aromatic rings. The van der Waals surface area contributed by atoms with Gasteiger partial charge in [-0.3, -0.25) is 9.36 Å². The second-order valence-corrected chi connectivity index (χ2v) is 6.67. The van der Waals surface area contributed by atoms with Crippen molar-refractivity contribution < 1.29 is 28.9 Å². The fourth-order valence-electron chi connectivity index (χ4n) is 2.87. The monoisotopic (exact) mass is 407 g/mol. The molecule has 10 heteroatoms. The highest BCUT2D eigenvalue weighted by molar-refractivity contribution is 6.03. The van der Waals surface area contributed by atoms with Crippen LogP contribution in [-0.2, 0) is 4.74 Å². The number of carbonyl (C=O) groups is 1. The summed E-state index contributed by atoms with van der Waals surface area (Å²) in [7, 11) is 0. The van der Waals surface area contributed by atoms with E-state index in [1.165, 1.54) is 19.1 Å². The first kappa shape index (κ1) is 20.9. The van der Waals surface area contributed by atoms with E-state index in [-0.39, 0.29) is 5.56 Å². The first-order valence-electron chi connectivity index (χ1n) is 9.16. The van der Waals surface area contributed by atoms with Gasteiger partial charge in [-0.2, -0.15) is 4.98 Å². The number of halogens is 1. The molecule has 156 valence electrons. The molecule has 0 saturated carbocycles. The molecule has 0 radical (unpaired) electrons. The molecular weight excluding hydrogens is 385 g/mol. The van der Waals surface area contributed by atoms with Crippen LogP contribution in [0.5, 0.6) is 5.75 Å². The predicted molar refractivity (Wildman–Crippen MR) is 100 cm³/mol. The summed E-state index contributed by atoms with van der Waals surface area (Å²) in [5.41, 5.74) is -0.721. The van der Waals surface area contributed by atoms with Crippen molar-refractivity contribution in [2.24, 2.45) is 0 Å². The number of anilines is 1. The summed E-state index contributed by atoms with van der Waals surface area (Å²) in [5, 5.41) is 22.0. The average molecular weight is 407 g/mol. The molecule has 9 nitrogen and oxygen atoms in total. The number of hydrogen-bond acceptors (Lipinski definition) is 7. The minimum Gasteiger partial charge on any atom is -0.494 e. The van der Waals surface area contributed by atoms with Gasteiger partial charge in [-0.15, -0.1) is 0 Å². The molecule has 1 aliphatic heterocycles. The van der Waals surface area contributed by atoms with Crippen molar-refractivity contribution in [3.05, 3.63) is 52.3 Å². The van der Waals surface area contributed by atoms with Crippen LogP contribution >= 0.6 is 0 Å². The summed E-state index contributed by atoms with van der Waals surface area (Å²) in [6.45, 7) is 4.03. The second-order valence-electron chi connectivity index (χ2n) is 6.67. The Bertz CT molecular complexity index is 933.